The highest BCUT2D eigenvalue weighted by Gasteiger charge is 2.06. The molecule has 3 nitrogen and oxygen atoms in total. The van der Waals surface area contributed by atoms with Crippen molar-refractivity contribution in [3.05, 3.63) is 100 Å². The van der Waals surface area contributed by atoms with Crippen LogP contribution in [-0.2, 0) is 0 Å². The van der Waals surface area contributed by atoms with E-state index < -0.39 is 0 Å². The quantitative estimate of drug-likeness (QED) is 0.502. The molecule has 0 spiro atoms. The highest BCUT2D eigenvalue weighted by Crippen LogP contribution is 2.20. The average molecular weight is 379 g/mol. The molecule has 0 aliphatic rings. The van der Waals surface area contributed by atoms with Crippen LogP contribution >= 0.6 is 15.9 Å². The topological polar surface area (TPSA) is 45.0 Å². The molecule has 3 rings (SSSR count). The summed E-state index contributed by atoms with van der Waals surface area (Å²) in [6, 6.07) is 25.0. The van der Waals surface area contributed by atoms with E-state index in [1.807, 2.05) is 60.7 Å². The average Bonchev–Trinajstić information content (AvgIpc) is 2.63. The van der Waals surface area contributed by atoms with Gasteiger partial charge in [-0.15, -0.1) is 5.10 Å². The molecule has 0 aromatic heterocycles. The molecular formula is C20H15BrN2O. The van der Waals surface area contributed by atoms with E-state index in [0.29, 0.717) is 5.56 Å². The summed E-state index contributed by atoms with van der Waals surface area (Å²) in [6.45, 7) is 0. The van der Waals surface area contributed by atoms with Crippen molar-refractivity contribution in [2.75, 3.05) is 0 Å². The van der Waals surface area contributed by atoms with Crippen molar-refractivity contribution in [2.24, 2.45) is 10.2 Å². The normalized spacial score (nSPS) is 10.7. The van der Waals surface area contributed by atoms with Crippen molar-refractivity contribution in [1.82, 2.24) is 0 Å². The van der Waals surface area contributed by atoms with E-state index in [-0.39, 0.29) is 5.75 Å². The first kappa shape index (κ1) is 16.1. The summed E-state index contributed by atoms with van der Waals surface area (Å²) < 4.78 is 0.872. The molecular weight excluding hydrogens is 364 g/mol. The predicted molar refractivity (Wildman–Crippen MR) is 102 cm³/mol. The fourth-order valence-electron chi connectivity index (χ4n) is 2.25. The third-order valence-electron chi connectivity index (χ3n) is 3.44. The minimum absolute atomic E-state index is 0.165. The molecule has 0 bridgehead atoms. The zero-order chi connectivity index (χ0) is 16.8. The van der Waals surface area contributed by atoms with Crippen LogP contribution in [0.25, 0.3) is 0 Å². The van der Waals surface area contributed by atoms with Gasteiger partial charge in [0.1, 0.15) is 11.5 Å². The van der Waals surface area contributed by atoms with Crippen LogP contribution < -0.4 is 0 Å². The van der Waals surface area contributed by atoms with Crippen molar-refractivity contribution in [3.63, 3.8) is 0 Å². The van der Waals surface area contributed by atoms with Gasteiger partial charge in [-0.25, -0.2) is 0 Å². The lowest BCUT2D eigenvalue weighted by atomic mass is 10.0. The lowest BCUT2D eigenvalue weighted by Crippen LogP contribution is -2.02. The minimum atomic E-state index is 0.165. The summed E-state index contributed by atoms with van der Waals surface area (Å²) in [7, 11) is 0. The predicted octanol–water partition coefficient (Wildman–Crippen LogP) is 5.03. The monoisotopic (exact) mass is 378 g/mol. The molecule has 0 saturated carbocycles. The van der Waals surface area contributed by atoms with E-state index in [1.54, 1.807) is 24.4 Å². The Labute approximate surface area is 149 Å². The molecule has 0 saturated heterocycles. The zero-order valence-electron chi connectivity index (χ0n) is 12.8. The van der Waals surface area contributed by atoms with E-state index in [0.717, 1.165) is 21.3 Å². The molecule has 1 N–H and O–H groups in total. The largest absolute Gasteiger partial charge is 0.507 e. The molecule has 0 fully saturated rings. The van der Waals surface area contributed by atoms with Crippen molar-refractivity contribution in [1.29, 1.82) is 0 Å². The Morgan fingerprint density at radius 3 is 2.00 bits per heavy atom. The van der Waals surface area contributed by atoms with E-state index in [9.17, 15) is 5.11 Å². The van der Waals surface area contributed by atoms with Gasteiger partial charge in [-0.1, -0.05) is 76.6 Å². The second kappa shape index (κ2) is 7.70. The number of hydrogen-bond donors (Lipinski definition) is 1. The Morgan fingerprint density at radius 2 is 1.42 bits per heavy atom. The summed E-state index contributed by atoms with van der Waals surface area (Å²) in [5.41, 5.74) is 3.36. The van der Waals surface area contributed by atoms with Gasteiger partial charge in [0, 0.05) is 21.2 Å². The van der Waals surface area contributed by atoms with Crippen LogP contribution in [0, 0.1) is 0 Å². The van der Waals surface area contributed by atoms with E-state index in [2.05, 4.69) is 26.1 Å². The van der Waals surface area contributed by atoms with Gasteiger partial charge in [0.15, 0.2) is 0 Å². The summed E-state index contributed by atoms with van der Waals surface area (Å²) in [5.74, 6) is 0.165. The van der Waals surface area contributed by atoms with Crippen LogP contribution in [0.2, 0.25) is 0 Å². The van der Waals surface area contributed by atoms with Gasteiger partial charge >= 0.3 is 0 Å². The van der Waals surface area contributed by atoms with Crippen LogP contribution in [0.4, 0.5) is 0 Å². The first-order valence-electron chi connectivity index (χ1n) is 7.44. The maximum Gasteiger partial charge on any atom is 0.124 e. The third kappa shape index (κ3) is 3.97. The second-order valence-electron chi connectivity index (χ2n) is 5.13. The Hall–Kier alpha value is -2.72. The fraction of sp³-hybridized carbons (Fsp3) is 0. The molecule has 0 aliphatic carbocycles. The number of phenols is 1. The third-order valence-corrected chi connectivity index (χ3v) is 3.93. The van der Waals surface area contributed by atoms with Gasteiger partial charge in [-0.2, -0.15) is 5.10 Å². The number of nitrogens with zero attached hydrogens (tertiary/aromatic N) is 2. The lowest BCUT2D eigenvalue weighted by molar-refractivity contribution is 0.474. The van der Waals surface area contributed by atoms with Crippen molar-refractivity contribution < 1.29 is 5.11 Å². The molecule has 0 heterocycles. The Morgan fingerprint density at radius 1 is 0.833 bits per heavy atom. The van der Waals surface area contributed by atoms with Gasteiger partial charge in [-0.05, 0) is 18.2 Å². The lowest BCUT2D eigenvalue weighted by Gasteiger charge is -2.05. The van der Waals surface area contributed by atoms with Crippen LogP contribution in [0.1, 0.15) is 16.7 Å². The summed E-state index contributed by atoms with van der Waals surface area (Å²) in [5, 5.41) is 18.4. The first-order valence-corrected chi connectivity index (χ1v) is 8.24. The van der Waals surface area contributed by atoms with Crippen LogP contribution in [0.3, 0.4) is 0 Å². The van der Waals surface area contributed by atoms with E-state index in [4.69, 9.17) is 0 Å². The molecule has 0 aliphatic heterocycles. The zero-order valence-corrected chi connectivity index (χ0v) is 14.4. The summed E-state index contributed by atoms with van der Waals surface area (Å²) >= 11 is 3.38. The van der Waals surface area contributed by atoms with E-state index >= 15 is 0 Å². The smallest absolute Gasteiger partial charge is 0.124 e. The molecule has 4 heteroatoms. The molecule has 24 heavy (non-hydrogen) atoms. The summed E-state index contributed by atoms with van der Waals surface area (Å²) in [6.07, 6.45) is 1.55. The highest BCUT2D eigenvalue weighted by atomic mass is 79.9. The van der Waals surface area contributed by atoms with E-state index in [1.165, 1.54) is 0 Å². The molecule has 0 amide bonds. The van der Waals surface area contributed by atoms with Gasteiger partial charge in [0.25, 0.3) is 0 Å². The molecule has 3 aromatic carbocycles. The number of benzene rings is 3. The molecule has 0 atom stereocenters. The SMILES string of the molecule is Oc1ccc(Br)cc1/C=N\N=C(c1ccccc1)c1ccccc1. The number of phenolic OH excluding ortho intramolecular Hbond substituents is 1. The number of halogens is 1. The molecule has 0 radical (unpaired) electrons. The standard InChI is InChI=1S/C20H15BrN2O/c21-18-11-12-19(24)17(13-18)14-22-23-20(15-7-3-1-4-8-15)16-9-5-2-6-10-16/h1-14,24H/b22-14-. The van der Waals surface area contributed by atoms with Gasteiger partial charge < -0.3 is 5.11 Å². The first-order chi connectivity index (χ1) is 11.7. The molecule has 118 valence electrons. The van der Waals surface area contributed by atoms with Crippen LogP contribution in [-0.4, -0.2) is 17.0 Å². The second-order valence-corrected chi connectivity index (χ2v) is 6.04. The number of rotatable bonds is 4. The van der Waals surface area contributed by atoms with Crippen LogP contribution in [0.15, 0.2) is 93.5 Å². The van der Waals surface area contributed by atoms with Gasteiger partial charge in [0.05, 0.1) is 6.21 Å². The minimum Gasteiger partial charge on any atom is -0.507 e. The van der Waals surface area contributed by atoms with Crippen molar-refractivity contribution >= 4 is 27.9 Å². The van der Waals surface area contributed by atoms with Crippen molar-refractivity contribution in [2.45, 2.75) is 0 Å². The van der Waals surface area contributed by atoms with Crippen LogP contribution in [0.5, 0.6) is 5.75 Å². The number of hydrogen-bond acceptors (Lipinski definition) is 3. The number of aromatic hydroxyl groups is 1. The highest BCUT2D eigenvalue weighted by molar-refractivity contribution is 9.10. The Kier molecular flexibility index (Phi) is 5.18. The van der Waals surface area contributed by atoms with Gasteiger partial charge in [0.2, 0.25) is 0 Å². The molecule has 0 unspecified atom stereocenters. The van der Waals surface area contributed by atoms with Gasteiger partial charge in [-0.3, -0.25) is 0 Å². The summed E-state index contributed by atoms with van der Waals surface area (Å²) in [4.78, 5) is 0. The Balaban J connectivity index is 1.98. The maximum atomic E-state index is 9.87. The molecule has 3 aromatic rings. The fourth-order valence-corrected chi connectivity index (χ4v) is 2.63. The maximum absolute atomic E-state index is 9.87. The Bertz CT molecular complexity index is 833. The van der Waals surface area contributed by atoms with Crippen molar-refractivity contribution in [3.8, 4) is 5.75 Å².